The fourth-order valence-corrected chi connectivity index (χ4v) is 2.04. The summed E-state index contributed by atoms with van der Waals surface area (Å²) >= 11 is 0. The number of rotatable bonds is 5. The van der Waals surface area contributed by atoms with E-state index in [1.807, 2.05) is 18.3 Å². The van der Waals surface area contributed by atoms with Crippen LogP contribution in [0.3, 0.4) is 0 Å². The van der Waals surface area contributed by atoms with Gasteiger partial charge in [-0.05, 0) is 30.9 Å². The van der Waals surface area contributed by atoms with Crippen LogP contribution >= 0.6 is 0 Å². The van der Waals surface area contributed by atoms with Crippen LogP contribution in [0.25, 0.3) is 0 Å². The van der Waals surface area contributed by atoms with E-state index in [9.17, 15) is 0 Å². The highest BCUT2D eigenvalue weighted by Crippen LogP contribution is 2.11. The van der Waals surface area contributed by atoms with Gasteiger partial charge in [-0.25, -0.2) is 0 Å². The molecule has 1 saturated heterocycles. The fourth-order valence-electron chi connectivity index (χ4n) is 2.04. The Bertz CT molecular complexity index is 283. The molecule has 0 radical (unpaired) electrons. The summed E-state index contributed by atoms with van der Waals surface area (Å²) in [6.45, 7) is 3.96. The molecule has 1 aromatic rings. The summed E-state index contributed by atoms with van der Waals surface area (Å²) in [5.41, 5.74) is 1.16. The summed E-state index contributed by atoms with van der Waals surface area (Å²) in [5.74, 6) is 0.706. The van der Waals surface area contributed by atoms with Crippen molar-refractivity contribution in [3.63, 3.8) is 0 Å². The highest BCUT2D eigenvalue weighted by molar-refractivity contribution is 5.03. The van der Waals surface area contributed by atoms with Crippen molar-refractivity contribution < 1.29 is 4.74 Å². The number of ether oxygens (including phenoxy) is 1. The standard InChI is InChI=1S/C13H20N2O/c1-2-7-15-13(5-1)6-8-14-10-12-4-3-9-16-11-12/h1-2,5,7,12,14H,3-4,6,8-11H2. The molecule has 2 heterocycles. The van der Waals surface area contributed by atoms with Gasteiger partial charge in [0.25, 0.3) is 0 Å². The zero-order chi connectivity index (χ0) is 11.1. The Kier molecular flexibility index (Phi) is 4.77. The van der Waals surface area contributed by atoms with Crippen molar-refractivity contribution in [1.82, 2.24) is 10.3 Å². The summed E-state index contributed by atoms with van der Waals surface area (Å²) in [6.07, 6.45) is 5.38. The van der Waals surface area contributed by atoms with Gasteiger partial charge in [0.1, 0.15) is 0 Å². The minimum Gasteiger partial charge on any atom is -0.381 e. The third-order valence-corrected chi connectivity index (χ3v) is 2.97. The van der Waals surface area contributed by atoms with Crippen molar-refractivity contribution >= 4 is 0 Å². The summed E-state index contributed by atoms with van der Waals surface area (Å²) in [5, 5.41) is 3.48. The first kappa shape index (κ1) is 11.6. The van der Waals surface area contributed by atoms with Crippen molar-refractivity contribution in [3.8, 4) is 0 Å². The predicted octanol–water partition coefficient (Wildman–Crippen LogP) is 1.64. The van der Waals surface area contributed by atoms with Gasteiger partial charge < -0.3 is 10.1 Å². The van der Waals surface area contributed by atoms with Crippen LogP contribution in [0.4, 0.5) is 0 Å². The van der Waals surface area contributed by atoms with Crippen molar-refractivity contribution in [2.24, 2.45) is 5.92 Å². The molecule has 2 rings (SSSR count). The van der Waals surface area contributed by atoms with Crippen LogP contribution in [-0.2, 0) is 11.2 Å². The van der Waals surface area contributed by atoms with Crippen LogP contribution < -0.4 is 5.32 Å². The molecule has 0 spiro atoms. The third kappa shape index (κ3) is 3.91. The second kappa shape index (κ2) is 6.61. The normalized spacial score (nSPS) is 20.9. The van der Waals surface area contributed by atoms with Crippen molar-refractivity contribution in [3.05, 3.63) is 30.1 Å². The summed E-state index contributed by atoms with van der Waals surface area (Å²) in [6, 6.07) is 6.07. The fraction of sp³-hybridized carbons (Fsp3) is 0.615. The first-order chi connectivity index (χ1) is 7.95. The van der Waals surface area contributed by atoms with Crippen molar-refractivity contribution in [2.45, 2.75) is 19.3 Å². The van der Waals surface area contributed by atoms with E-state index in [2.05, 4.69) is 16.4 Å². The molecule has 3 heteroatoms. The summed E-state index contributed by atoms with van der Waals surface area (Å²) in [7, 11) is 0. The molecule has 1 unspecified atom stereocenters. The van der Waals surface area contributed by atoms with Crippen molar-refractivity contribution in [2.75, 3.05) is 26.3 Å². The minimum atomic E-state index is 0.706. The quantitative estimate of drug-likeness (QED) is 0.766. The Morgan fingerprint density at radius 1 is 1.44 bits per heavy atom. The molecule has 1 fully saturated rings. The maximum absolute atomic E-state index is 5.45. The summed E-state index contributed by atoms with van der Waals surface area (Å²) < 4.78 is 5.45. The van der Waals surface area contributed by atoms with E-state index in [1.54, 1.807) is 0 Å². The molecule has 0 bridgehead atoms. The molecule has 3 nitrogen and oxygen atoms in total. The number of pyridine rings is 1. The van der Waals surface area contributed by atoms with Crippen molar-refractivity contribution in [1.29, 1.82) is 0 Å². The number of nitrogens with one attached hydrogen (secondary N) is 1. The predicted molar refractivity (Wildman–Crippen MR) is 64.4 cm³/mol. The van der Waals surface area contributed by atoms with E-state index in [0.717, 1.165) is 38.4 Å². The van der Waals surface area contributed by atoms with Gasteiger partial charge in [0.2, 0.25) is 0 Å². The van der Waals surface area contributed by atoms with Crippen LogP contribution in [0.1, 0.15) is 18.5 Å². The number of hydrogen-bond acceptors (Lipinski definition) is 3. The van der Waals surface area contributed by atoms with Gasteiger partial charge in [0.05, 0.1) is 6.61 Å². The van der Waals surface area contributed by atoms with E-state index in [0.29, 0.717) is 5.92 Å². The minimum absolute atomic E-state index is 0.706. The van der Waals surface area contributed by atoms with Gasteiger partial charge in [0, 0.05) is 38.0 Å². The summed E-state index contributed by atoms with van der Waals surface area (Å²) in [4.78, 5) is 4.30. The smallest absolute Gasteiger partial charge is 0.0506 e. The van der Waals surface area contributed by atoms with Crippen LogP contribution in [0.15, 0.2) is 24.4 Å². The van der Waals surface area contributed by atoms with E-state index < -0.39 is 0 Å². The van der Waals surface area contributed by atoms with Gasteiger partial charge in [-0.1, -0.05) is 6.07 Å². The molecule has 0 aromatic carbocycles. The maximum atomic E-state index is 5.45. The molecule has 16 heavy (non-hydrogen) atoms. The second-order valence-electron chi connectivity index (χ2n) is 4.36. The topological polar surface area (TPSA) is 34.1 Å². The molecule has 1 aliphatic heterocycles. The molecule has 1 N–H and O–H groups in total. The molecule has 0 aliphatic carbocycles. The zero-order valence-corrected chi connectivity index (χ0v) is 9.69. The van der Waals surface area contributed by atoms with Gasteiger partial charge in [-0.2, -0.15) is 0 Å². The maximum Gasteiger partial charge on any atom is 0.0506 e. The third-order valence-electron chi connectivity index (χ3n) is 2.97. The number of nitrogens with zero attached hydrogens (tertiary/aromatic N) is 1. The molecule has 0 amide bonds. The van der Waals surface area contributed by atoms with Gasteiger partial charge in [-0.3, -0.25) is 4.98 Å². The van der Waals surface area contributed by atoms with Gasteiger partial charge in [0.15, 0.2) is 0 Å². The molecular weight excluding hydrogens is 200 g/mol. The lowest BCUT2D eigenvalue weighted by Crippen LogP contribution is -2.30. The molecule has 1 aromatic heterocycles. The Balaban J connectivity index is 1.58. The van der Waals surface area contributed by atoms with E-state index in [4.69, 9.17) is 4.74 Å². The first-order valence-corrected chi connectivity index (χ1v) is 6.13. The number of aromatic nitrogens is 1. The van der Waals surface area contributed by atoms with Gasteiger partial charge in [-0.15, -0.1) is 0 Å². The Morgan fingerprint density at radius 3 is 3.19 bits per heavy atom. The Labute approximate surface area is 97.2 Å². The molecule has 1 aliphatic rings. The Hall–Kier alpha value is -0.930. The van der Waals surface area contributed by atoms with E-state index >= 15 is 0 Å². The lowest BCUT2D eigenvalue weighted by atomic mass is 10.0. The van der Waals surface area contributed by atoms with Crippen LogP contribution in [0, 0.1) is 5.92 Å². The average molecular weight is 220 g/mol. The molecule has 0 saturated carbocycles. The monoisotopic (exact) mass is 220 g/mol. The second-order valence-corrected chi connectivity index (χ2v) is 4.36. The molecule has 1 atom stereocenters. The molecular formula is C13H20N2O. The van der Waals surface area contributed by atoms with E-state index in [1.165, 1.54) is 12.8 Å². The lowest BCUT2D eigenvalue weighted by Gasteiger charge is -2.22. The van der Waals surface area contributed by atoms with Gasteiger partial charge >= 0.3 is 0 Å². The highest BCUT2D eigenvalue weighted by Gasteiger charge is 2.12. The average Bonchev–Trinajstić information content (AvgIpc) is 2.37. The lowest BCUT2D eigenvalue weighted by molar-refractivity contribution is 0.0549. The number of hydrogen-bond donors (Lipinski definition) is 1. The largest absolute Gasteiger partial charge is 0.381 e. The Morgan fingerprint density at radius 2 is 2.44 bits per heavy atom. The van der Waals surface area contributed by atoms with E-state index in [-0.39, 0.29) is 0 Å². The van der Waals surface area contributed by atoms with Crippen LogP contribution in [0.5, 0.6) is 0 Å². The SMILES string of the molecule is c1ccc(CCNCC2CCCOC2)nc1. The van der Waals surface area contributed by atoms with Crippen LogP contribution in [-0.4, -0.2) is 31.3 Å². The molecule has 88 valence electrons. The first-order valence-electron chi connectivity index (χ1n) is 6.13. The zero-order valence-electron chi connectivity index (χ0n) is 9.69. The van der Waals surface area contributed by atoms with Crippen LogP contribution in [0.2, 0.25) is 0 Å². The highest BCUT2D eigenvalue weighted by atomic mass is 16.5.